The Morgan fingerprint density at radius 3 is 2.70 bits per heavy atom. The quantitative estimate of drug-likeness (QED) is 0.788. The molecule has 0 spiro atoms. The molecular weight excluding hydrogens is 316 g/mol. The maximum Gasteiger partial charge on any atom is 0.0947 e. The molecule has 0 fully saturated rings. The van der Waals surface area contributed by atoms with Gasteiger partial charge in [0.1, 0.15) is 0 Å². The fourth-order valence-electron chi connectivity index (χ4n) is 2.06. The van der Waals surface area contributed by atoms with Crippen LogP contribution in [0.3, 0.4) is 0 Å². The first-order valence-corrected chi connectivity index (χ1v) is 7.55. The molecule has 1 aromatic carbocycles. The fourth-order valence-corrected chi connectivity index (χ4v) is 2.48. The van der Waals surface area contributed by atoms with E-state index in [-0.39, 0.29) is 6.10 Å². The van der Waals surface area contributed by atoms with Crippen molar-refractivity contribution in [2.45, 2.75) is 18.9 Å². The number of ether oxygens (including phenoxy) is 1. The predicted octanol–water partition coefficient (Wildman–Crippen LogP) is 3.49. The van der Waals surface area contributed by atoms with Gasteiger partial charge in [-0.2, -0.15) is 0 Å². The van der Waals surface area contributed by atoms with Crippen LogP contribution >= 0.6 is 15.9 Å². The van der Waals surface area contributed by atoms with Crippen LogP contribution in [0.2, 0.25) is 0 Å². The van der Waals surface area contributed by atoms with Crippen LogP contribution in [0.1, 0.15) is 23.7 Å². The molecule has 0 aliphatic heterocycles. The highest BCUT2D eigenvalue weighted by molar-refractivity contribution is 9.10. The maximum atomic E-state index is 5.89. The molecule has 0 saturated heterocycles. The van der Waals surface area contributed by atoms with Crippen molar-refractivity contribution in [2.75, 3.05) is 13.2 Å². The Morgan fingerprint density at radius 2 is 2.00 bits per heavy atom. The molecule has 0 bridgehead atoms. The number of aromatic nitrogens is 1. The highest BCUT2D eigenvalue weighted by Gasteiger charge is 2.10. The van der Waals surface area contributed by atoms with E-state index in [1.165, 1.54) is 5.56 Å². The fraction of sp³-hybridized carbons (Fsp3) is 0.312. The van der Waals surface area contributed by atoms with Crippen molar-refractivity contribution < 1.29 is 4.74 Å². The topological polar surface area (TPSA) is 48.1 Å². The summed E-state index contributed by atoms with van der Waals surface area (Å²) in [4.78, 5) is 4.01. The SMILES string of the molecule is NCC(OCCCc1ccncc1)c1cccc(Br)c1. The Bertz CT molecular complexity index is 519. The van der Waals surface area contributed by atoms with Gasteiger partial charge in [0, 0.05) is 30.0 Å². The Balaban J connectivity index is 1.80. The lowest BCUT2D eigenvalue weighted by atomic mass is 10.1. The Kier molecular flexibility index (Phi) is 6.18. The van der Waals surface area contributed by atoms with Crippen molar-refractivity contribution in [2.24, 2.45) is 5.73 Å². The van der Waals surface area contributed by atoms with Crippen molar-refractivity contribution in [3.8, 4) is 0 Å². The average Bonchev–Trinajstić information content (AvgIpc) is 2.48. The minimum Gasteiger partial charge on any atom is -0.372 e. The molecule has 1 heterocycles. The molecule has 0 aliphatic carbocycles. The van der Waals surface area contributed by atoms with Gasteiger partial charge in [-0.15, -0.1) is 0 Å². The lowest BCUT2D eigenvalue weighted by molar-refractivity contribution is 0.0570. The zero-order valence-electron chi connectivity index (χ0n) is 11.3. The van der Waals surface area contributed by atoms with Gasteiger partial charge in [-0.05, 0) is 48.2 Å². The van der Waals surface area contributed by atoms with Crippen molar-refractivity contribution in [1.29, 1.82) is 0 Å². The summed E-state index contributed by atoms with van der Waals surface area (Å²) in [5.74, 6) is 0. The number of benzene rings is 1. The Morgan fingerprint density at radius 1 is 1.20 bits per heavy atom. The third-order valence-corrected chi connectivity index (χ3v) is 3.61. The van der Waals surface area contributed by atoms with Gasteiger partial charge in [0.25, 0.3) is 0 Å². The summed E-state index contributed by atoms with van der Waals surface area (Å²) in [6.07, 6.45) is 5.58. The second kappa shape index (κ2) is 8.15. The van der Waals surface area contributed by atoms with Crippen molar-refractivity contribution >= 4 is 15.9 Å². The molecule has 3 nitrogen and oxygen atoms in total. The summed E-state index contributed by atoms with van der Waals surface area (Å²) in [7, 11) is 0. The molecule has 20 heavy (non-hydrogen) atoms. The highest BCUT2D eigenvalue weighted by atomic mass is 79.9. The van der Waals surface area contributed by atoms with Gasteiger partial charge in [0.15, 0.2) is 0 Å². The minimum atomic E-state index is -0.0371. The first kappa shape index (κ1) is 15.2. The zero-order valence-corrected chi connectivity index (χ0v) is 12.9. The average molecular weight is 335 g/mol. The van der Waals surface area contributed by atoms with E-state index in [1.54, 1.807) is 0 Å². The van der Waals surface area contributed by atoms with E-state index in [9.17, 15) is 0 Å². The number of nitrogens with two attached hydrogens (primary N) is 1. The van der Waals surface area contributed by atoms with E-state index >= 15 is 0 Å². The first-order chi connectivity index (χ1) is 9.79. The normalized spacial score (nSPS) is 12.3. The van der Waals surface area contributed by atoms with Crippen molar-refractivity contribution in [1.82, 2.24) is 4.98 Å². The summed E-state index contributed by atoms with van der Waals surface area (Å²) >= 11 is 3.47. The molecule has 1 atom stereocenters. The molecule has 0 aliphatic rings. The van der Waals surface area contributed by atoms with E-state index in [2.05, 4.69) is 27.0 Å². The molecule has 2 N–H and O–H groups in total. The molecule has 0 radical (unpaired) electrons. The van der Waals surface area contributed by atoms with Gasteiger partial charge >= 0.3 is 0 Å². The third-order valence-electron chi connectivity index (χ3n) is 3.11. The summed E-state index contributed by atoms with van der Waals surface area (Å²) in [6, 6.07) is 12.2. The molecule has 4 heteroatoms. The van der Waals surface area contributed by atoms with Crippen LogP contribution in [0.15, 0.2) is 53.3 Å². The van der Waals surface area contributed by atoms with Gasteiger partial charge in [-0.1, -0.05) is 28.1 Å². The standard InChI is InChI=1S/C16H19BrN2O/c17-15-5-1-4-14(11-15)16(12-18)20-10-2-3-13-6-8-19-9-7-13/h1,4-9,11,16H,2-3,10,12,18H2. The van der Waals surface area contributed by atoms with Crippen LogP contribution in [0.4, 0.5) is 0 Å². The largest absolute Gasteiger partial charge is 0.372 e. The summed E-state index contributed by atoms with van der Waals surface area (Å²) in [5, 5.41) is 0. The molecule has 0 amide bonds. The summed E-state index contributed by atoms with van der Waals surface area (Å²) < 4.78 is 6.94. The van der Waals surface area contributed by atoms with Crippen molar-refractivity contribution in [3.63, 3.8) is 0 Å². The van der Waals surface area contributed by atoms with Crippen LogP contribution in [-0.4, -0.2) is 18.1 Å². The molecule has 1 aromatic heterocycles. The van der Waals surface area contributed by atoms with Gasteiger partial charge < -0.3 is 10.5 Å². The van der Waals surface area contributed by atoms with E-state index in [0.29, 0.717) is 13.2 Å². The van der Waals surface area contributed by atoms with Crippen molar-refractivity contribution in [3.05, 3.63) is 64.4 Å². The lowest BCUT2D eigenvalue weighted by Crippen LogP contribution is -2.16. The van der Waals surface area contributed by atoms with Crippen LogP contribution in [-0.2, 0) is 11.2 Å². The minimum absolute atomic E-state index is 0.0371. The van der Waals surface area contributed by atoms with Gasteiger partial charge in [0.05, 0.1) is 6.10 Å². The van der Waals surface area contributed by atoms with E-state index in [0.717, 1.165) is 22.9 Å². The summed E-state index contributed by atoms with van der Waals surface area (Å²) in [6.45, 7) is 1.20. The number of aryl methyl sites for hydroxylation is 1. The van der Waals surface area contributed by atoms with Crippen LogP contribution in [0.5, 0.6) is 0 Å². The lowest BCUT2D eigenvalue weighted by Gasteiger charge is -2.16. The van der Waals surface area contributed by atoms with Gasteiger partial charge in [-0.3, -0.25) is 4.98 Å². The van der Waals surface area contributed by atoms with Crippen LogP contribution < -0.4 is 5.73 Å². The summed E-state index contributed by atoms with van der Waals surface area (Å²) in [5.41, 5.74) is 8.20. The van der Waals surface area contributed by atoms with Gasteiger partial charge in [0.2, 0.25) is 0 Å². The Labute approximate surface area is 128 Å². The Hall–Kier alpha value is -1.23. The first-order valence-electron chi connectivity index (χ1n) is 6.75. The second-order valence-electron chi connectivity index (χ2n) is 4.61. The smallest absolute Gasteiger partial charge is 0.0947 e. The molecule has 1 unspecified atom stereocenters. The molecule has 106 valence electrons. The number of hydrogen-bond donors (Lipinski definition) is 1. The van der Waals surface area contributed by atoms with E-state index in [4.69, 9.17) is 10.5 Å². The number of rotatable bonds is 7. The molecule has 0 saturated carbocycles. The monoisotopic (exact) mass is 334 g/mol. The second-order valence-corrected chi connectivity index (χ2v) is 5.52. The molecule has 2 rings (SSSR count). The maximum absolute atomic E-state index is 5.89. The van der Waals surface area contributed by atoms with Crippen LogP contribution in [0.25, 0.3) is 0 Å². The van der Waals surface area contributed by atoms with Crippen LogP contribution in [0, 0.1) is 0 Å². The predicted molar refractivity (Wildman–Crippen MR) is 84.4 cm³/mol. The number of hydrogen-bond acceptors (Lipinski definition) is 3. The molecular formula is C16H19BrN2O. The van der Waals surface area contributed by atoms with E-state index < -0.39 is 0 Å². The zero-order chi connectivity index (χ0) is 14.2. The number of pyridine rings is 1. The molecule has 2 aromatic rings. The highest BCUT2D eigenvalue weighted by Crippen LogP contribution is 2.20. The van der Waals surface area contributed by atoms with Gasteiger partial charge in [-0.25, -0.2) is 0 Å². The number of nitrogens with zero attached hydrogens (tertiary/aromatic N) is 1. The third kappa shape index (κ3) is 4.71. The van der Waals surface area contributed by atoms with E-state index in [1.807, 2.05) is 42.7 Å². The number of halogens is 1.